The number of urea groups is 1. The molecule has 4 aromatic rings. The molecule has 0 fully saturated rings. The van der Waals surface area contributed by atoms with Gasteiger partial charge in [0.25, 0.3) is 5.56 Å². The molecule has 0 bridgehead atoms. The van der Waals surface area contributed by atoms with E-state index < -0.39 is 17.9 Å². The van der Waals surface area contributed by atoms with Crippen molar-refractivity contribution in [3.05, 3.63) is 101 Å². The predicted molar refractivity (Wildman–Crippen MR) is 124 cm³/mol. The number of halogens is 1. The molecule has 6 nitrogen and oxygen atoms in total. The molecular weight excluding hydrogens is 407 g/mol. The van der Waals surface area contributed by atoms with Crippen LogP contribution >= 0.6 is 0 Å². The maximum absolute atomic E-state index is 13.5. The maximum atomic E-state index is 13.5. The van der Waals surface area contributed by atoms with Crippen molar-refractivity contribution >= 4 is 22.6 Å². The second-order valence-corrected chi connectivity index (χ2v) is 7.37. The lowest BCUT2D eigenvalue weighted by Gasteiger charge is -2.29. The van der Waals surface area contributed by atoms with Crippen LogP contribution in [0.1, 0.15) is 25.7 Å². The molecule has 0 spiro atoms. The molecule has 3 aromatic carbocycles. The van der Waals surface area contributed by atoms with Gasteiger partial charge in [-0.15, -0.1) is 0 Å². The van der Waals surface area contributed by atoms with Crippen LogP contribution in [-0.2, 0) is 0 Å². The van der Waals surface area contributed by atoms with Gasteiger partial charge >= 0.3 is 6.03 Å². The van der Waals surface area contributed by atoms with Crippen molar-refractivity contribution in [1.29, 1.82) is 0 Å². The molecule has 1 aromatic heterocycles. The normalized spacial score (nSPS) is 11.8. The minimum Gasteiger partial charge on any atom is -0.315 e. The van der Waals surface area contributed by atoms with Crippen molar-refractivity contribution < 1.29 is 9.18 Å². The lowest BCUT2D eigenvalue weighted by atomic mass is 10.2. The highest BCUT2D eigenvalue weighted by Crippen LogP contribution is 2.23. The summed E-state index contributed by atoms with van der Waals surface area (Å²) in [4.78, 5) is 32.8. The van der Waals surface area contributed by atoms with Gasteiger partial charge < -0.3 is 10.2 Å². The molecule has 1 N–H and O–H groups in total. The first-order chi connectivity index (χ1) is 15.5. The van der Waals surface area contributed by atoms with Crippen molar-refractivity contribution in [2.24, 2.45) is 0 Å². The first kappa shape index (κ1) is 21.2. The van der Waals surface area contributed by atoms with Gasteiger partial charge in [0.2, 0.25) is 0 Å². The third-order valence-electron chi connectivity index (χ3n) is 5.33. The summed E-state index contributed by atoms with van der Waals surface area (Å²) in [6, 6.07) is 21.1. The molecule has 0 aliphatic carbocycles. The zero-order chi connectivity index (χ0) is 22.7. The van der Waals surface area contributed by atoms with Gasteiger partial charge in [-0.3, -0.25) is 9.36 Å². The summed E-state index contributed by atoms with van der Waals surface area (Å²) in [6.07, 6.45) is 0. The average molecular weight is 430 g/mol. The summed E-state index contributed by atoms with van der Waals surface area (Å²) < 4.78 is 15.1. The summed E-state index contributed by atoms with van der Waals surface area (Å²) in [5.41, 5.74) is 1.38. The number of anilines is 1. The van der Waals surface area contributed by atoms with Crippen molar-refractivity contribution in [1.82, 2.24) is 14.5 Å². The Bertz CT molecular complexity index is 1320. The topological polar surface area (TPSA) is 67.2 Å². The molecule has 2 amide bonds. The quantitative estimate of drug-likeness (QED) is 0.477. The van der Waals surface area contributed by atoms with E-state index in [-0.39, 0.29) is 5.56 Å². The molecule has 32 heavy (non-hydrogen) atoms. The van der Waals surface area contributed by atoms with Gasteiger partial charge in [0.15, 0.2) is 0 Å². The molecule has 0 saturated heterocycles. The highest BCUT2D eigenvalue weighted by atomic mass is 19.1. The highest BCUT2D eigenvalue weighted by molar-refractivity contribution is 5.89. The Morgan fingerprint density at radius 1 is 1.06 bits per heavy atom. The average Bonchev–Trinajstić information content (AvgIpc) is 2.80. The third-order valence-corrected chi connectivity index (χ3v) is 5.33. The molecule has 7 heteroatoms. The molecule has 1 atom stereocenters. The molecular formula is C25H23FN4O2. The Kier molecular flexibility index (Phi) is 5.98. The fourth-order valence-electron chi connectivity index (χ4n) is 3.75. The fraction of sp³-hybridized carbons (Fsp3) is 0.160. The van der Waals surface area contributed by atoms with Crippen LogP contribution in [0, 0.1) is 5.82 Å². The molecule has 0 radical (unpaired) electrons. The highest BCUT2D eigenvalue weighted by Gasteiger charge is 2.26. The summed E-state index contributed by atoms with van der Waals surface area (Å²) in [6.45, 7) is 4.03. The Balaban J connectivity index is 1.80. The van der Waals surface area contributed by atoms with E-state index in [1.807, 2.05) is 50.2 Å². The van der Waals surface area contributed by atoms with Crippen molar-refractivity contribution in [3.8, 4) is 5.69 Å². The number of benzene rings is 3. The van der Waals surface area contributed by atoms with E-state index in [1.54, 1.807) is 33.7 Å². The Labute approximate surface area is 184 Å². The number of hydrogen-bond acceptors (Lipinski definition) is 3. The van der Waals surface area contributed by atoms with E-state index in [4.69, 9.17) is 4.98 Å². The number of aromatic nitrogens is 2. The van der Waals surface area contributed by atoms with Crippen LogP contribution in [-0.4, -0.2) is 27.0 Å². The van der Waals surface area contributed by atoms with Crippen LogP contribution in [0.25, 0.3) is 16.6 Å². The van der Waals surface area contributed by atoms with Crippen LogP contribution in [0.4, 0.5) is 14.9 Å². The summed E-state index contributed by atoms with van der Waals surface area (Å²) in [5.74, 6) is 0.00384. The van der Waals surface area contributed by atoms with Gasteiger partial charge in [0.05, 0.1) is 22.6 Å². The van der Waals surface area contributed by atoms with Gasteiger partial charge in [-0.25, -0.2) is 14.2 Å². The van der Waals surface area contributed by atoms with Gasteiger partial charge in [-0.05, 0) is 56.3 Å². The van der Waals surface area contributed by atoms with Crippen LogP contribution in [0.15, 0.2) is 83.7 Å². The number of nitrogens with zero attached hydrogens (tertiary/aromatic N) is 3. The first-order valence-corrected chi connectivity index (χ1v) is 10.4. The Morgan fingerprint density at radius 3 is 2.50 bits per heavy atom. The number of para-hydroxylation sites is 2. The van der Waals surface area contributed by atoms with E-state index in [2.05, 4.69) is 5.32 Å². The molecule has 1 heterocycles. The SMILES string of the molecule is CCN(C(=O)Nc1cccc(F)c1)C(C)c1nc2ccccc2c(=O)n1-c1ccccc1. The first-order valence-electron chi connectivity index (χ1n) is 10.4. The number of carbonyl (C=O) groups excluding carboxylic acids is 1. The number of nitrogens with one attached hydrogen (secondary N) is 1. The number of carbonyl (C=O) groups is 1. The van der Waals surface area contributed by atoms with E-state index in [1.165, 1.54) is 18.2 Å². The van der Waals surface area contributed by atoms with Crippen LogP contribution in [0.5, 0.6) is 0 Å². The van der Waals surface area contributed by atoms with Crippen LogP contribution in [0.3, 0.4) is 0 Å². The second kappa shape index (κ2) is 9.01. The number of amides is 2. The minimum absolute atomic E-state index is 0.203. The van der Waals surface area contributed by atoms with E-state index in [0.717, 1.165) is 0 Å². The number of hydrogen-bond donors (Lipinski definition) is 1. The number of fused-ring (bicyclic) bond motifs is 1. The van der Waals surface area contributed by atoms with Crippen molar-refractivity contribution in [2.45, 2.75) is 19.9 Å². The molecule has 0 aliphatic rings. The monoisotopic (exact) mass is 430 g/mol. The lowest BCUT2D eigenvalue weighted by Crippen LogP contribution is -2.39. The van der Waals surface area contributed by atoms with Gasteiger partial charge in [0, 0.05) is 12.2 Å². The largest absolute Gasteiger partial charge is 0.322 e. The Morgan fingerprint density at radius 2 is 1.78 bits per heavy atom. The lowest BCUT2D eigenvalue weighted by molar-refractivity contribution is 0.193. The molecule has 0 aliphatic heterocycles. The van der Waals surface area contributed by atoms with Crippen LogP contribution in [0.2, 0.25) is 0 Å². The molecule has 0 saturated carbocycles. The summed E-state index contributed by atoms with van der Waals surface area (Å²) >= 11 is 0. The van der Waals surface area contributed by atoms with Crippen LogP contribution < -0.4 is 10.9 Å². The zero-order valence-corrected chi connectivity index (χ0v) is 17.8. The van der Waals surface area contributed by atoms with Crippen molar-refractivity contribution in [3.63, 3.8) is 0 Å². The second-order valence-electron chi connectivity index (χ2n) is 7.37. The fourth-order valence-corrected chi connectivity index (χ4v) is 3.75. The summed E-state index contributed by atoms with van der Waals surface area (Å²) in [5, 5.41) is 3.23. The minimum atomic E-state index is -0.536. The standard InChI is InChI=1S/C25H23FN4O2/c1-3-29(25(32)27-19-11-9-10-18(26)16-19)17(2)23-28-22-15-8-7-14-21(22)24(31)30(23)20-12-5-4-6-13-20/h4-17H,3H2,1-2H3,(H,27,32). The van der Waals surface area contributed by atoms with Gasteiger partial charge in [0.1, 0.15) is 11.6 Å². The van der Waals surface area contributed by atoms with Crippen molar-refractivity contribution in [2.75, 3.05) is 11.9 Å². The van der Waals surface area contributed by atoms with E-state index in [9.17, 15) is 14.0 Å². The van der Waals surface area contributed by atoms with Gasteiger partial charge in [-0.1, -0.05) is 36.4 Å². The van der Waals surface area contributed by atoms with E-state index >= 15 is 0 Å². The maximum Gasteiger partial charge on any atom is 0.322 e. The molecule has 1 unspecified atom stereocenters. The predicted octanol–water partition coefficient (Wildman–Crippen LogP) is 5.14. The van der Waals surface area contributed by atoms with E-state index in [0.29, 0.717) is 34.6 Å². The molecule has 4 rings (SSSR count). The number of rotatable bonds is 5. The zero-order valence-electron chi connectivity index (χ0n) is 17.8. The summed E-state index contributed by atoms with van der Waals surface area (Å²) in [7, 11) is 0. The van der Waals surface area contributed by atoms with Gasteiger partial charge in [-0.2, -0.15) is 0 Å². The Hall–Kier alpha value is -4.00. The molecule has 162 valence electrons. The third kappa shape index (κ3) is 4.09. The smallest absolute Gasteiger partial charge is 0.315 e.